The van der Waals surface area contributed by atoms with Gasteiger partial charge in [0.1, 0.15) is 13.2 Å². The Morgan fingerprint density at radius 2 is 1.53 bits per heavy atom. The molecule has 0 radical (unpaired) electrons. The predicted octanol–water partition coefficient (Wildman–Crippen LogP) is 4.09. The highest BCUT2D eigenvalue weighted by Crippen LogP contribution is 2.44. The van der Waals surface area contributed by atoms with E-state index in [4.69, 9.17) is 23.7 Å². The van der Waals surface area contributed by atoms with E-state index in [0.29, 0.717) is 30.5 Å². The van der Waals surface area contributed by atoms with Crippen LogP contribution in [0.15, 0.2) is 30.3 Å². The molecule has 162 valence electrons. The van der Waals surface area contributed by atoms with Gasteiger partial charge in [-0.2, -0.15) is 0 Å². The summed E-state index contributed by atoms with van der Waals surface area (Å²) in [5.74, 6) is 3.69. The molecule has 6 nitrogen and oxygen atoms in total. The number of methoxy groups -OCH3 is 3. The Morgan fingerprint density at radius 3 is 2.17 bits per heavy atom. The molecule has 4 rings (SSSR count). The van der Waals surface area contributed by atoms with Crippen LogP contribution in [0.1, 0.15) is 36.8 Å². The molecule has 0 atom stereocenters. The average Bonchev–Trinajstić information content (AvgIpc) is 3.28. The van der Waals surface area contributed by atoms with Crippen LogP contribution in [-0.2, 0) is 12.0 Å². The molecule has 0 unspecified atom stereocenters. The van der Waals surface area contributed by atoms with Crippen molar-refractivity contribution in [2.45, 2.75) is 37.6 Å². The van der Waals surface area contributed by atoms with E-state index in [0.717, 1.165) is 30.2 Å². The molecule has 0 saturated heterocycles. The third kappa shape index (κ3) is 4.01. The van der Waals surface area contributed by atoms with Gasteiger partial charge >= 0.3 is 0 Å². The molecule has 0 amide bonds. The second-order valence-electron chi connectivity index (χ2n) is 7.98. The molecule has 1 N–H and O–H groups in total. The predicted molar refractivity (Wildman–Crippen MR) is 115 cm³/mol. The van der Waals surface area contributed by atoms with Gasteiger partial charge in [0.25, 0.3) is 0 Å². The Kier molecular flexibility index (Phi) is 6.23. The van der Waals surface area contributed by atoms with E-state index in [1.807, 2.05) is 12.1 Å². The lowest BCUT2D eigenvalue weighted by atomic mass is 9.78. The highest BCUT2D eigenvalue weighted by Gasteiger charge is 2.36. The Bertz CT molecular complexity index is 851. The molecule has 1 saturated carbocycles. The van der Waals surface area contributed by atoms with Crippen LogP contribution in [0.3, 0.4) is 0 Å². The second-order valence-corrected chi connectivity index (χ2v) is 7.98. The van der Waals surface area contributed by atoms with Gasteiger partial charge in [0.2, 0.25) is 5.75 Å². The molecule has 1 heterocycles. The fraction of sp³-hybridized carbons (Fsp3) is 0.500. The van der Waals surface area contributed by atoms with Crippen LogP contribution in [0.25, 0.3) is 0 Å². The lowest BCUT2D eigenvalue weighted by Gasteiger charge is -2.31. The van der Waals surface area contributed by atoms with Crippen molar-refractivity contribution in [1.29, 1.82) is 0 Å². The summed E-state index contributed by atoms with van der Waals surface area (Å²) in [5, 5.41) is 3.68. The van der Waals surface area contributed by atoms with Gasteiger partial charge in [0.15, 0.2) is 23.0 Å². The topological polar surface area (TPSA) is 58.2 Å². The van der Waals surface area contributed by atoms with E-state index >= 15 is 0 Å². The maximum atomic E-state index is 5.83. The smallest absolute Gasteiger partial charge is 0.203 e. The summed E-state index contributed by atoms with van der Waals surface area (Å²) < 4.78 is 27.9. The summed E-state index contributed by atoms with van der Waals surface area (Å²) >= 11 is 0. The molecule has 2 aromatic rings. The van der Waals surface area contributed by atoms with Crippen LogP contribution in [0.2, 0.25) is 0 Å². The lowest BCUT2D eigenvalue weighted by Crippen LogP contribution is -2.35. The quantitative estimate of drug-likeness (QED) is 0.704. The number of nitrogens with one attached hydrogen (secondary N) is 1. The molecule has 2 aliphatic rings. The average molecular weight is 414 g/mol. The zero-order valence-corrected chi connectivity index (χ0v) is 18.1. The minimum atomic E-state index is 0.122. The van der Waals surface area contributed by atoms with E-state index < -0.39 is 0 Å². The van der Waals surface area contributed by atoms with Gasteiger partial charge < -0.3 is 29.0 Å². The highest BCUT2D eigenvalue weighted by molar-refractivity contribution is 5.54. The number of fused-ring (bicyclic) bond motifs is 1. The zero-order valence-electron chi connectivity index (χ0n) is 18.1. The van der Waals surface area contributed by atoms with Gasteiger partial charge in [-0.3, -0.25) is 0 Å². The molecule has 30 heavy (non-hydrogen) atoms. The summed E-state index contributed by atoms with van der Waals surface area (Å²) in [6.07, 6.45) is 4.85. The zero-order chi connectivity index (χ0) is 21.0. The van der Waals surface area contributed by atoms with Gasteiger partial charge in [-0.05, 0) is 48.2 Å². The first-order valence-corrected chi connectivity index (χ1v) is 10.6. The molecule has 6 heteroatoms. The largest absolute Gasteiger partial charge is 0.493 e. The Balaban J connectivity index is 1.50. The van der Waals surface area contributed by atoms with Gasteiger partial charge in [0.05, 0.1) is 21.3 Å². The van der Waals surface area contributed by atoms with Gasteiger partial charge in [-0.1, -0.05) is 18.9 Å². The van der Waals surface area contributed by atoms with E-state index in [9.17, 15) is 0 Å². The van der Waals surface area contributed by atoms with Gasteiger partial charge in [-0.15, -0.1) is 0 Å². The summed E-state index contributed by atoms with van der Waals surface area (Å²) in [6.45, 7) is 2.86. The van der Waals surface area contributed by atoms with E-state index in [1.165, 1.54) is 31.2 Å². The van der Waals surface area contributed by atoms with Crippen molar-refractivity contribution in [2.24, 2.45) is 0 Å². The minimum absolute atomic E-state index is 0.122. The second kappa shape index (κ2) is 9.04. The van der Waals surface area contributed by atoms with Crippen molar-refractivity contribution < 1.29 is 23.7 Å². The summed E-state index contributed by atoms with van der Waals surface area (Å²) in [7, 11) is 4.91. The number of hydrogen-bond donors (Lipinski definition) is 1. The fourth-order valence-electron chi connectivity index (χ4n) is 4.68. The minimum Gasteiger partial charge on any atom is -0.493 e. The number of rotatable bonds is 8. The Labute approximate surface area is 178 Å². The van der Waals surface area contributed by atoms with E-state index in [2.05, 4.69) is 23.5 Å². The Morgan fingerprint density at radius 1 is 0.867 bits per heavy atom. The molecule has 1 aliphatic heterocycles. The molecular weight excluding hydrogens is 382 g/mol. The van der Waals surface area contributed by atoms with Crippen LogP contribution in [-0.4, -0.2) is 41.1 Å². The van der Waals surface area contributed by atoms with Crippen molar-refractivity contribution in [3.8, 4) is 28.7 Å². The van der Waals surface area contributed by atoms with Crippen LogP contribution in [0.4, 0.5) is 0 Å². The SMILES string of the molecule is COc1cc(CNCC2(c3ccc4c(c3)OCCO4)CCCC2)cc(OC)c1OC. The first-order chi connectivity index (χ1) is 14.7. The highest BCUT2D eigenvalue weighted by atomic mass is 16.6. The van der Waals surface area contributed by atoms with Crippen LogP contribution in [0.5, 0.6) is 28.7 Å². The third-order valence-electron chi connectivity index (χ3n) is 6.23. The number of hydrogen-bond acceptors (Lipinski definition) is 6. The van der Waals surface area contributed by atoms with Crippen LogP contribution in [0, 0.1) is 0 Å². The summed E-state index contributed by atoms with van der Waals surface area (Å²) in [6, 6.07) is 10.4. The first kappa shape index (κ1) is 20.7. The normalized spacial score (nSPS) is 16.9. The van der Waals surface area contributed by atoms with Crippen LogP contribution < -0.4 is 29.0 Å². The van der Waals surface area contributed by atoms with Gasteiger partial charge in [-0.25, -0.2) is 0 Å². The van der Waals surface area contributed by atoms with Crippen molar-refractivity contribution in [2.75, 3.05) is 41.1 Å². The molecule has 0 aromatic heterocycles. The standard InChI is InChI=1S/C24H31NO5/c1-26-21-12-17(13-22(27-2)23(21)28-3)15-25-16-24(8-4-5-9-24)18-6-7-19-20(14-18)30-11-10-29-19/h6-7,12-14,25H,4-5,8-11,15-16H2,1-3H3. The van der Waals surface area contributed by atoms with Crippen molar-refractivity contribution in [3.05, 3.63) is 41.5 Å². The molecule has 0 spiro atoms. The maximum absolute atomic E-state index is 5.83. The summed E-state index contributed by atoms with van der Waals surface area (Å²) in [4.78, 5) is 0. The van der Waals surface area contributed by atoms with Crippen molar-refractivity contribution >= 4 is 0 Å². The lowest BCUT2D eigenvalue weighted by molar-refractivity contribution is 0.171. The van der Waals surface area contributed by atoms with Crippen molar-refractivity contribution in [1.82, 2.24) is 5.32 Å². The number of benzene rings is 2. The van der Waals surface area contributed by atoms with E-state index in [-0.39, 0.29) is 5.41 Å². The monoisotopic (exact) mass is 413 g/mol. The summed E-state index contributed by atoms with van der Waals surface area (Å²) in [5.41, 5.74) is 2.55. The molecular formula is C24H31NO5. The maximum Gasteiger partial charge on any atom is 0.203 e. The Hall–Kier alpha value is -2.60. The van der Waals surface area contributed by atoms with Gasteiger partial charge in [0, 0.05) is 18.5 Å². The fourth-order valence-corrected chi connectivity index (χ4v) is 4.68. The molecule has 0 bridgehead atoms. The third-order valence-corrected chi connectivity index (χ3v) is 6.23. The van der Waals surface area contributed by atoms with Crippen LogP contribution >= 0.6 is 0 Å². The molecule has 2 aromatic carbocycles. The van der Waals surface area contributed by atoms with Crippen molar-refractivity contribution in [3.63, 3.8) is 0 Å². The van der Waals surface area contributed by atoms with E-state index in [1.54, 1.807) is 21.3 Å². The number of ether oxygens (including phenoxy) is 5. The molecule has 1 fully saturated rings. The molecule has 1 aliphatic carbocycles. The first-order valence-electron chi connectivity index (χ1n) is 10.6.